The fraction of sp³-hybridized carbons (Fsp3) is 0.650. The molecule has 0 spiro atoms. The van der Waals surface area contributed by atoms with E-state index in [2.05, 4.69) is 41.4 Å². The van der Waals surface area contributed by atoms with Crippen molar-refractivity contribution in [1.82, 2.24) is 10.2 Å². The highest BCUT2D eigenvalue weighted by Gasteiger charge is 2.27. The van der Waals surface area contributed by atoms with Crippen LogP contribution < -0.4 is 11.1 Å². The van der Waals surface area contributed by atoms with Gasteiger partial charge < -0.3 is 15.8 Å². The van der Waals surface area contributed by atoms with Crippen molar-refractivity contribution < 1.29 is 9.53 Å². The van der Waals surface area contributed by atoms with Crippen molar-refractivity contribution in [1.29, 1.82) is 0 Å². The van der Waals surface area contributed by atoms with Gasteiger partial charge in [-0.2, -0.15) is 0 Å². The van der Waals surface area contributed by atoms with Crippen LogP contribution in [0, 0.1) is 12.8 Å². The molecule has 1 saturated heterocycles. The first-order valence-corrected chi connectivity index (χ1v) is 9.54. The molecule has 3 rings (SSSR count). The Labute approximate surface area is 150 Å². The van der Waals surface area contributed by atoms with Gasteiger partial charge >= 0.3 is 0 Å². The van der Waals surface area contributed by atoms with Gasteiger partial charge in [0.15, 0.2) is 0 Å². The second-order valence-electron chi connectivity index (χ2n) is 7.44. The molecule has 5 heteroatoms. The van der Waals surface area contributed by atoms with Crippen LogP contribution in [-0.2, 0) is 9.53 Å². The summed E-state index contributed by atoms with van der Waals surface area (Å²) >= 11 is 0. The van der Waals surface area contributed by atoms with Crippen molar-refractivity contribution in [3.05, 3.63) is 35.4 Å². The van der Waals surface area contributed by atoms with E-state index >= 15 is 0 Å². The zero-order chi connectivity index (χ0) is 17.6. The Kier molecular flexibility index (Phi) is 6.45. The van der Waals surface area contributed by atoms with E-state index in [1.54, 1.807) is 0 Å². The maximum absolute atomic E-state index is 12.4. The normalized spacial score (nSPS) is 25.7. The van der Waals surface area contributed by atoms with Gasteiger partial charge in [-0.05, 0) is 31.2 Å². The summed E-state index contributed by atoms with van der Waals surface area (Å²) in [4.78, 5) is 14.8. The maximum Gasteiger partial charge on any atom is 0.220 e. The second kappa shape index (κ2) is 8.79. The molecule has 25 heavy (non-hydrogen) atoms. The zero-order valence-electron chi connectivity index (χ0n) is 15.2. The number of rotatable bonds is 6. The SMILES string of the molecule is Cc1ccc(C(CNC(=O)C[C@@H]2CCC[C@H]2N)N2CCOCC2)cc1. The topological polar surface area (TPSA) is 67.6 Å². The minimum atomic E-state index is 0.132. The van der Waals surface area contributed by atoms with Crippen LogP contribution in [0.15, 0.2) is 24.3 Å². The lowest BCUT2D eigenvalue weighted by Crippen LogP contribution is -2.44. The molecule has 138 valence electrons. The van der Waals surface area contributed by atoms with E-state index in [9.17, 15) is 4.79 Å². The molecule has 1 unspecified atom stereocenters. The fourth-order valence-corrected chi connectivity index (χ4v) is 3.98. The quantitative estimate of drug-likeness (QED) is 0.827. The third-order valence-corrected chi connectivity index (χ3v) is 5.61. The number of morpholine rings is 1. The molecule has 1 amide bonds. The first kappa shape index (κ1) is 18.4. The summed E-state index contributed by atoms with van der Waals surface area (Å²) in [5.41, 5.74) is 8.61. The molecule has 0 aromatic heterocycles. The average Bonchev–Trinajstić information content (AvgIpc) is 3.02. The van der Waals surface area contributed by atoms with Crippen molar-refractivity contribution in [3.8, 4) is 0 Å². The monoisotopic (exact) mass is 345 g/mol. The summed E-state index contributed by atoms with van der Waals surface area (Å²) < 4.78 is 5.49. The van der Waals surface area contributed by atoms with Gasteiger partial charge in [0.2, 0.25) is 5.91 Å². The van der Waals surface area contributed by atoms with E-state index in [0.29, 0.717) is 18.9 Å². The predicted octanol–water partition coefficient (Wildman–Crippen LogP) is 2.00. The molecule has 2 aliphatic rings. The van der Waals surface area contributed by atoms with Gasteiger partial charge in [0.1, 0.15) is 0 Å². The summed E-state index contributed by atoms with van der Waals surface area (Å²) in [6.07, 6.45) is 3.85. The molecule has 3 atom stereocenters. The maximum atomic E-state index is 12.4. The molecule has 1 aromatic rings. The van der Waals surface area contributed by atoms with Crippen LogP contribution >= 0.6 is 0 Å². The molecule has 3 N–H and O–H groups in total. The number of carbonyl (C=O) groups excluding carboxylic acids is 1. The molecule has 0 bridgehead atoms. The van der Waals surface area contributed by atoms with E-state index < -0.39 is 0 Å². The highest BCUT2D eigenvalue weighted by Crippen LogP contribution is 2.27. The molecule has 0 radical (unpaired) electrons. The Morgan fingerprint density at radius 1 is 1.28 bits per heavy atom. The highest BCUT2D eigenvalue weighted by atomic mass is 16.5. The van der Waals surface area contributed by atoms with Gasteiger partial charge in [0.05, 0.1) is 19.3 Å². The van der Waals surface area contributed by atoms with Gasteiger partial charge in [-0.1, -0.05) is 36.2 Å². The van der Waals surface area contributed by atoms with E-state index in [1.165, 1.54) is 11.1 Å². The van der Waals surface area contributed by atoms with E-state index in [4.69, 9.17) is 10.5 Å². The molecule has 1 aliphatic heterocycles. The smallest absolute Gasteiger partial charge is 0.220 e. The summed E-state index contributed by atoms with van der Waals surface area (Å²) in [7, 11) is 0. The van der Waals surface area contributed by atoms with Crippen LogP contribution in [-0.4, -0.2) is 49.7 Å². The third-order valence-electron chi connectivity index (χ3n) is 5.61. The Morgan fingerprint density at radius 2 is 2.00 bits per heavy atom. The number of amides is 1. The van der Waals surface area contributed by atoms with Crippen molar-refractivity contribution in [2.75, 3.05) is 32.8 Å². The van der Waals surface area contributed by atoms with Gasteiger partial charge in [-0.3, -0.25) is 9.69 Å². The molecule has 5 nitrogen and oxygen atoms in total. The highest BCUT2D eigenvalue weighted by molar-refractivity contribution is 5.76. The van der Waals surface area contributed by atoms with E-state index in [0.717, 1.165) is 45.6 Å². The fourth-order valence-electron chi connectivity index (χ4n) is 3.98. The number of ether oxygens (including phenoxy) is 1. The van der Waals surface area contributed by atoms with Crippen LogP contribution in [0.3, 0.4) is 0 Å². The lowest BCUT2D eigenvalue weighted by Gasteiger charge is -2.35. The standard InChI is InChI=1S/C20H31N3O2/c1-15-5-7-16(8-6-15)19(23-9-11-25-12-10-23)14-22-20(24)13-17-3-2-4-18(17)21/h5-8,17-19H,2-4,9-14,21H2,1H3,(H,22,24)/t17-,18+,19?/m0/s1. The number of nitrogens with zero attached hydrogens (tertiary/aromatic N) is 1. The molecule has 1 saturated carbocycles. The Bertz CT molecular complexity index is 555. The summed E-state index contributed by atoms with van der Waals surface area (Å²) in [6, 6.07) is 9.02. The van der Waals surface area contributed by atoms with Gasteiger partial charge in [0, 0.05) is 32.1 Å². The Hall–Kier alpha value is -1.43. The summed E-state index contributed by atoms with van der Waals surface area (Å²) in [5, 5.41) is 3.16. The summed E-state index contributed by atoms with van der Waals surface area (Å²) in [6.45, 7) is 6.06. The van der Waals surface area contributed by atoms with Crippen LogP contribution in [0.1, 0.15) is 42.9 Å². The van der Waals surface area contributed by atoms with E-state index in [-0.39, 0.29) is 18.0 Å². The zero-order valence-corrected chi connectivity index (χ0v) is 15.2. The molecule has 1 aliphatic carbocycles. The molecule has 1 aromatic carbocycles. The lowest BCUT2D eigenvalue weighted by atomic mass is 9.99. The minimum absolute atomic E-state index is 0.132. The molecule has 2 fully saturated rings. The number of hydrogen-bond donors (Lipinski definition) is 2. The van der Waals surface area contributed by atoms with Crippen LogP contribution in [0.25, 0.3) is 0 Å². The van der Waals surface area contributed by atoms with Crippen LogP contribution in [0.5, 0.6) is 0 Å². The number of nitrogens with one attached hydrogen (secondary N) is 1. The summed E-state index contributed by atoms with van der Waals surface area (Å²) in [5.74, 6) is 0.480. The first-order valence-electron chi connectivity index (χ1n) is 9.54. The van der Waals surface area contributed by atoms with Crippen LogP contribution in [0.2, 0.25) is 0 Å². The number of benzene rings is 1. The van der Waals surface area contributed by atoms with Gasteiger partial charge in [-0.15, -0.1) is 0 Å². The van der Waals surface area contributed by atoms with E-state index in [1.807, 2.05) is 0 Å². The van der Waals surface area contributed by atoms with Gasteiger partial charge in [0.25, 0.3) is 0 Å². The number of aryl methyl sites for hydroxylation is 1. The third kappa shape index (κ3) is 5.03. The molecule has 1 heterocycles. The van der Waals surface area contributed by atoms with Crippen molar-refractivity contribution in [3.63, 3.8) is 0 Å². The first-order chi connectivity index (χ1) is 12.1. The minimum Gasteiger partial charge on any atom is -0.379 e. The van der Waals surface area contributed by atoms with Crippen molar-refractivity contribution in [2.45, 2.75) is 44.7 Å². The predicted molar refractivity (Wildman–Crippen MR) is 99.3 cm³/mol. The van der Waals surface area contributed by atoms with Crippen molar-refractivity contribution in [2.24, 2.45) is 11.7 Å². The Balaban J connectivity index is 1.60. The second-order valence-corrected chi connectivity index (χ2v) is 7.44. The number of carbonyl (C=O) groups is 1. The lowest BCUT2D eigenvalue weighted by molar-refractivity contribution is -0.122. The molecular weight excluding hydrogens is 314 g/mol. The number of hydrogen-bond acceptors (Lipinski definition) is 4. The van der Waals surface area contributed by atoms with Crippen molar-refractivity contribution >= 4 is 5.91 Å². The van der Waals surface area contributed by atoms with Crippen LogP contribution in [0.4, 0.5) is 0 Å². The van der Waals surface area contributed by atoms with Gasteiger partial charge in [-0.25, -0.2) is 0 Å². The average molecular weight is 345 g/mol. The number of nitrogens with two attached hydrogens (primary N) is 1. The largest absolute Gasteiger partial charge is 0.379 e. The Morgan fingerprint density at radius 3 is 2.64 bits per heavy atom. The molecular formula is C20H31N3O2.